The van der Waals surface area contributed by atoms with Gasteiger partial charge in [-0.3, -0.25) is 9.78 Å². The number of carbonyl (C=O) groups excluding carboxylic acids is 1. The number of pyridine rings is 1. The van der Waals surface area contributed by atoms with Gasteiger partial charge in [-0.1, -0.05) is 24.3 Å². The standard InChI is InChI=1S/C24H20N4O5S/c29-17-7-5-15(6-8-17)13-19-22(30)21(24(31)28(19)14-16-9-11-25-12-10-16)23-26-18-3-1-2-4-20(18)34(32,33)27-23/h1-12,19,29-30H,13-14H2,(H,26,27). The van der Waals surface area contributed by atoms with Gasteiger partial charge >= 0.3 is 0 Å². The van der Waals surface area contributed by atoms with Crippen molar-refractivity contribution in [2.45, 2.75) is 23.9 Å². The first kappa shape index (κ1) is 21.7. The van der Waals surface area contributed by atoms with Crippen molar-refractivity contribution in [3.63, 3.8) is 0 Å². The van der Waals surface area contributed by atoms with Gasteiger partial charge in [0.15, 0.2) is 5.84 Å². The SMILES string of the molecule is O=C1C(C2=NS(=O)(=O)c3ccccc3N2)=C(O)C(Cc2ccc(O)cc2)N1Cc1ccncc1. The lowest BCUT2D eigenvalue weighted by Crippen LogP contribution is -2.37. The average molecular weight is 477 g/mol. The Morgan fingerprint density at radius 3 is 2.38 bits per heavy atom. The number of aliphatic hydroxyl groups is 1. The summed E-state index contributed by atoms with van der Waals surface area (Å²) in [6.45, 7) is 0.175. The molecule has 1 atom stereocenters. The summed E-state index contributed by atoms with van der Waals surface area (Å²) in [5, 5.41) is 23.7. The van der Waals surface area contributed by atoms with Crippen LogP contribution in [0.4, 0.5) is 5.69 Å². The minimum Gasteiger partial charge on any atom is -0.509 e. The van der Waals surface area contributed by atoms with Gasteiger partial charge in [0.25, 0.3) is 15.9 Å². The molecule has 9 nitrogen and oxygen atoms in total. The summed E-state index contributed by atoms with van der Waals surface area (Å²) in [5.74, 6) is -0.925. The third kappa shape index (κ3) is 3.88. The second-order valence-corrected chi connectivity index (χ2v) is 9.54. The van der Waals surface area contributed by atoms with Gasteiger partial charge in [0.2, 0.25) is 0 Å². The Labute approximate surface area is 195 Å². The van der Waals surface area contributed by atoms with Gasteiger partial charge in [-0.15, -0.1) is 4.40 Å². The number of hydrogen-bond acceptors (Lipinski definition) is 7. The van der Waals surface area contributed by atoms with Crippen LogP contribution in [0.15, 0.2) is 93.7 Å². The topological polar surface area (TPSA) is 132 Å². The average Bonchev–Trinajstić information content (AvgIpc) is 3.04. The molecule has 2 aliphatic heterocycles. The quantitative estimate of drug-likeness (QED) is 0.516. The lowest BCUT2D eigenvalue weighted by molar-refractivity contribution is -0.127. The van der Waals surface area contributed by atoms with Gasteiger partial charge in [0.1, 0.15) is 22.0 Å². The summed E-state index contributed by atoms with van der Waals surface area (Å²) in [7, 11) is -4.06. The molecule has 3 N–H and O–H groups in total. The van der Waals surface area contributed by atoms with E-state index in [1.54, 1.807) is 54.9 Å². The van der Waals surface area contributed by atoms with E-state index in [9.17, 15) is 23.4 Å². The molecule has 172 valence electrons. The van der Waals surface area contributed by atoms with Gasteiger partial charge in [-0.2, -0.15) is 8.42 Å². The van der Waals surface area contributed by atoms with E-state index < -0.39 is 22.0 Å². The number of para-hydroxylation sites is 1. The lowest BCUT2D eigenvalue weighted by atomic mass is 10.0. The molecule has 34 heavy (non-hydrogen) atoms. The summed E-state index contributed by atoms with van der Waals surface area (Å²) in [6, 6.07) is 15.5. The van der Waals surface area contributed by atoms with Crippen LogP contribution >= 0.6 is 0 Å². The zero-order valence-electron chi connectivity index (χ0n) is 17.8. The first-order valence-corrected chi connectivity index (χ1v) is 11.9. The number of nitrogens with zero attached hydrogens (tertiary/aromatic N) is 3. The van der Waals surface area contributed by atoms with Crippen LogP contribution in [0.1, 0.15) is 11.1 Å². The van der Waals surface area contributed by atoms with Crippen LogP contribution in [-0.2, 0) is 27.8 Å². The van der Waals surface area contributed by atoms with E-state index in [1.807, 2.05) is 0 Å². The van der Waals surface area contributed by atoms with Crippen LogP contribution in [0.5, 0.6) is 5.75 Å². The maximum Gasteiger partial charge on any atom is 0.286 e. The lowest BCUT2D eigenvalue weighted by Gasteiger charge is -2.25. The molecule has 3 aromatic rings. The highest BCUT2D eigenvalue weighted by Gasteiger charge is 2.43. The van der Waals surface area contributed by atoms with Crippen molar-refractivity contribution in [1.82, 2.24) is 9.88 Å². The summed E-state index contributed by atoms with van der Waals surface area (Å²) in [6.07, 6.45) is 3.47. The van der Waals surface area contributed by atoms with Crippen LogP contribution in [-0.4, -0.2) is 46.3 Å². The highest BCUT2D eigenvalue weighted by molar-refractivity contribution is 7.90. The molecule has 2 aromatic carbocycles. The number of anilines is 1. The Balaban J connectivity index is 1.56. The number of nitrogens with one attached hydrogen (secondary N) is 1. The van der Waals surface area contributed by atoms with Crippen molar-refractivity contribution in [2.75, 3.05) is 5.32 Å². The molecule has 0 spiro atoms. The van der Waals surface area contributed by atoms with Gasteiger partial charge in [-0.25, -0.2) is 0 Å². The summed E-state index contributed by atoms with van der Waals surface area (Å²) >= 11 is 0. The molecule has 3 heterocycles. The molecule has 1 unspecified atom stereocenters. The molecular weight excluding hydrogens is 456 g/mol. The Kier molecular flexibility index (Phi) is 5.29. The number of amidine groups is 1. The molecular formula is C24H20N4O5S. The number of phenols is 1. The molecule has 1 amide bonds. The zero-order chi connectivity index (χ0) is 23.9. The van der Waals surface area contributed by atoms with E-state index in [0.717, 1.165) is 11.1 Å². The molecule has 1 aromatic heterocycles. The molecule has 0 fully saturated rings. The van der Waals surface area contributed by atoms with Crippen LogP contribution in [0.25, 0.3) is 0 Å². The third-order valence-corrected chi connectivity index (χ3v) is 7.09. The second kappa shape index (κ2) is 8.31. The number of amides is 1. The summed E-state index contributed by atoms with van der Waals surface area (Å²) < 4.78 is 29.3. The minimum absolute atomic E-state index is 0.00132. The van der Waals surface area contributed by atoms with E-state index >= 15 is 0 Å². The molecule has 0 bridgehead atoms. The number of benzene rings is 2. The predicted octanol–water partition coefficient (Wildman–Crippen LogP) is 2.77. The van der Waals surface area contributed by atoms with Crippen LogP contribution < -0.4 is 5.32 Å². The summed E-state index contributed by atoms with van der Waals surface area (Å²) in [4.78, 5) is 19.0. The second-order valence-electron chi connectivity index (χ2n) is 7.97. The van der Waals surface area contributed by atoms with E-state index in [4.69, 9.17) is 0 Å². The van der Waals surface area contributed by atoms with E-state index in [1.165, 1.54) is 23.1 Å². The van der Waals surface area contributed by atoms with Crippen molar-refractivity contribution < 1.29 is 23.4 Å². The van der Waals surface area contributed by atoms with Gasteiger partial charge in [-0.05, 0) is 47.5 Å². The van der Waals surface area contributed by atoms with Crippen molar-refractivity contribution in [1.29, 1.82) is 0 Å². The minimum atomic E-state index is -4.06. The highest BCUT2D eigenvalue weighted by atomic mass is 32.2. The fraction of sp³-hybridized carbons (Fsp3) is 0.125. The van der Waals surface area contributed by atoms with Crippen LogP contribution in [0.3, 0.4) is 0 Å². The number of aromatic hydroxyl groups is 1. The predicted molar refractivity (Wildman–Crippen MR) is 125 cm³/mol. The number of carbonyl (C=O) groups is 1. The molecule has 0 aliphatic carbocycles. The number of fused-ring (bicyclic) bond motifs is 1. The van der Waals surface area contributed by atoms with Crippen LogP contribution in [0.2, 0.25) is 0 Å². The Hall–Kier alpha value is -4.18. The van der Waals surface area contributed by atoms with Gasteiger partial charge < -0.3 is 20.4 Å². The molecule has 10 heteroatoms. The number of sulfonamides is 1. The third-order valence-electron chi connectivity index (χ3n) is 5.76. The Morgan fingerprint density at radius 2 is 1.65 bits per heavy atom. The van der Waals surface area contributed by atoms with Crippen LogP contribution in [0, 0.1) is 0 Å². The molecule has 0 saturated heterocycles. The number of rotatable bonds is 5. The van der Waals surface area contributed by atoms with E-state index in [2.05, 4.69) is 14.7 Å². The summed E-state index contributed by atoms with van der Waals surface area (Å²) in [5.41, 5.74) is 1.67. The fourth-order valence-corrected chi connectivity index (χ4v) is 5.21. The van der Waals surface area contributed by atoms with E-state index in [0.29, 0.717) is 0 Å². The number of aliphatic hydroxyl groups excluding tert-OH is 1. The maximum atomic E-state index is 13.5. The highest BCUT2D eigenvalue weighted by Crippen LogP contribution is 2.34. The largest absolute Gasteiger partial charge is 0.509 e. The number of aromatic nitrogens is 1. The first-order chi connectivity index (χ1) is 16.3. The van der Waals surface area contributed by atoms with Crippen molar-refractivity contribution in [3.8, 4) is 5.75 Å². The van der Waals surface area contributed by atoms with Crippen molar-refractivity contribution in [3.05, 3.63) is 95.5 Å². The molecule has 2 aliphatic rings. The smallest absolute Gasteiger partial charge is 0.286 e. The first-order valence-electron chi connectivity index (χ1n) is 10.5. The van der Waals surface area contributed by atoms with E-state index in [-0.39, 0.29) is 46.5 Å². The Morgan fingerprint density at radius 1 is 0.941 bits per heavy atom. The molecule has 0 saturated carbocycles. The molecule has 5 rings (SSSR count). The van der Waals surface area contributed by atoms with Gasteiger partial charge in [0, 0.05) is 25.4 Å². The number of hydrogen-bond donors (Lipinski definition) is 3. The molecule has 0 radical (unpaired) electrons. The normalized spacial score (nSPS) is 18.9. The fourth-order valence-electron chi connectivity index (χ4n) is 4.08. The van der Waals surface area contributed by atoms with Gasteiger partial charge in [0.05, 0.1) is 11.7 Å². The monoisotopic (exact) mass is 476 g/mol. The Bertz CT molecular complexity index is 1430. The maximum absolute atomic E-state index is 13.5. The zero-order valence-corrected chi connectivity index (χ0v) is 18.6. The van der Waals surface area contributed by atoms with Crippen molar-refractivity contribution in [2.24, 2.45) is 4.40 Å². The van der Waals surface area contributed by atoms with Crippen molar-refractivity contribution >= 4 is 27.5 Å². The number of phenolic OH excluding ortho intramolecular Hbond substituents is 1.